The van der Waals surface area contributed by atoms with Crippen LogP contribution in [-0.4, -0.2) is 6.54 Å². The van der Waals surface area contributed by atoms with Gasteiger partial charge in [-0.25, -0.2) is 4.84 Å². The molecule has 1 N–H and O–H groups in total. The van der Waals surface area contributed by atoms with Crippen LogP contribution in [-0.2, 0) is 0 Å². The zero-order valence-corrected chi connectivity index (χ0v) is 6.05. The summed E-state index contributed by atoms with van der Waals surface area (Å²) in [4.78, 5) is 2.38. The van der Waals surface area contributed by atoms with Crippen LogP contribution >= 0.6 is 11.8 Å². The van der Waals surface area contributed by atoms with Crippen molar-refractivity contribution in [1.29, 1.82) is 0 Å². The van der Waals surface area contributed by atoms with Gasteiger partial charge in [-0.2, -0.15) is 0 Å². The highest BCUT2D eigenvalue weighted by molar-refractivity contribution is 6.13. The molecule has 9 heavy (non-hydrogen) atoms. The van der Waals surface area contributed by atoms with E-state index in [0.717, 1.165) is 6.42 Å². The number of hydrogen-bond donors (Lipinski definition) is 1. The molecule has 48 valence electrons. The van der Waals surface area contributed by atoms with Crippen LogP contribution in [0.2, 0.25) is 0 Å². The van der Waals surface area contributed by atoms with Crippen LogP contribution in [0.5, 0.6) is 0 Å². The Labute approximate surface area is 60.9 Å². The van der Waals surface area contributed by atoms with Crippen molar-refractivity contribution in [2.75, 3.05) is 6.54 Å². The second-order valence-corrected chi connectivity index (χ2v) is 1.53. The van der Waals surface area contributed by atoms with Crippen molar-refractivity contribution in [2.45, 2.75) is 13.3 Å². The lowest BCUT2D eigenvalue weighted by Crippen LogP contribution is -1.95. The molecule has 0 bridgehead atoms. The molecular formula is C7H8ClN. The zero-order chi connectivity index (χ0) is 6.95. The summed E-state index contributed by atoms with van der Waals surface area (Å²) in [5.41, 5.74) is 0. The molecule has 0 aromatic heterocycles. The Hall–Kier alpha value is -0.630. The molecule has 0 aliphatic rings. The number of hydrogen-bond acceptors (Lipinski definition) is 1. The summed E-state index contributed by atoms with van der Waals surface area (Å²) in [7, 11) is 0. The van der Waals surface area contributed by atoms with E-state index in [-0.39, 0.29) is 0 Å². The van der Waals surface area contributed by atoms with Crippen molar-refractivity contribution >= 4 is 11.8 Å². The average molecular weight is 142 g/mol. The zero-order valence-electron chi connectivity index (χ0n) is 5.29. The van der Waals surface area contributed by atoms with E-state index in [0.29, 0.717) is 6.54 Å². The predicted molar refractivity (Wildman–Crippen MR) is 39.7 cm³/mol. The van der Waals surface area contributed by atoms with E-state index in [4.69, 9.17) is 11.8 Å². The Bertz CT molecular complexity index is 165. The van der Waals surface area contributed by atoms with E-state index in [1.54, 1.807) is 0 Å². The number of nitrogens with one attached hydrogen (secondary N) is 1. The maximum Gasteiger partial charge on any atom is 0.0730 e. The molecule has 0 fully saturated rings. The molecule has 0 radical (unpaired) electrons. The number of rotatable bonds is 1. The third-order valence-corrected chi connectivity index (χ3v) is 0.705. The van der Waals surface area contributed by atoms with Crippen LogP contribution in [0.1, 0.15) is 13.3 Å². The van der Waals surface area contributed by atoms with Gasteiger partial charge in [0, 0.05) is 6.42 Å². The second-order valence-electron chi connectivity index (χ2n) is 1.27. The van der Waals surface area contributed by atoms with Gasteiger partial charge in [0.25, 0.3) is 0 Å². The van der Waals surface area contributed by atoms with Crippen molar-refractivity contribution in [3.8, 4) is 23.7 Å². The minimum Gasteiger partial charge on any atom is -0.221 e. The van der Waals surface area contributed by atoms with Gasteiger partial charge in [-0.15, -0.1) is 0 Å². The van der Waals surface area contributed by atoms with Gasteiger partial charge in [-0.1, -0.05) is 18.8 Å². The van der Waals surface area contributed by atoms with Gasteiger partial charge in [0.1, 0.15) is 0 Å². The molecule has 0 rings (SSSR count). The maximum absolute atomic E-state index is 5.11. The van der Waals surface area contributed by atoms with E-state index in [9.17, 15) is 0 Å². The SMILES string of the molecule is CCC#CC#CCNCl. The van der Waals surface area contributed by atoms with Gasteiger partial charge in [-0.3, -0.25) is 0 Å². The summed E-state index contributed by atoms with van der Waals surface area (Å²) in [5, 5.41) is 0. The molecule has 0 aliphatic carbocycles. The van der Waals surface area contributed by atoms with Crippen LogP contribution < -0.4 is 4.84 Å². The largest absolute Gasteiger partial charge is 0.221 e. The van der Waals surface area contributed by atoms with Crippen LogP contribution in [0.3, 0.4) is 0 Å². The highest BCUT2D eigenvalue weighted by Crippen LogP contribution is 1.64. The van der Waals surface area contributed by atoms with E-state index in [1.807, 2.05) is 6.92 Å². The average Bonchev–Trinajstić information content (AvgIpc) is 1.89. The Balaban J connectivity index is 3.36. The molecule has 0 spiro atoms. The van der Waals surface area contributed by atoms with Crippen molar-refractivity contribution in [2.24, 2.45) is 0 Å². The lowest BCUT2D eigenvalue weighted by atomic mass is 10.4. The third-order valence-electron chi connectivity index (χ3n) is 0.571. The fourth-order valence-corrected chi connectivity index (χ4v) is 0.321. The summed E-state index contributed by atoms with van der Waals surface area (Å²) in [6, 6.07) is 0. The monoisotopic (exact) mass is 141 g/mol. The van der Waals surface area contributed by atoms with E-state index in [1.165, 1.54) is 0 Å². The smallest absolute Gasteiger partial charge is 0.0730 e. The van der Waals surface area contributed by atoms with Gasteiger partial charge in [0.2, 0.25) is 0 Å². The molecule has 1 nitrogen and oxygen atoms in total. The molecule has 2 heteroatoms. The van der Waals surface area contributed by atoms with Crippen LogP contribution in [0.25, 0.3) is 0 Å². The molecule has 0 aliphatic heterocycles. The highest BCUT2D eigenvalue weighted by atomic mass is 35.5. The Morgan fingerprint density at radius 1 is 1.33 bits per heavy atom. The maximum atomic E-state index is 5.11. The summed E-state index contributed by atoms with van der Waals surface area (Å²) < 4.78 is 0. The first-order valence-corrected chi connectivity index (χ1v) is 3.08. The lowest BCUT2D eigenvalue weighted by molar-refractivity contribution is 1.14. The fraction of sp³-hybridized carbons (Fsp3) is 0.429. The third kappa shape index (κ3) is 7.37. The fourth-order valence-electron chi connectivity index (χ4n) is 0.254. The second kappa shape index (κ2) is 7.37. The summed E-state index contributed by atoms with van der Waals surface area (Å²) in [6.45, 7) is 2.47. The molecular weight excluding hydrogens is 134 g/mol. The van der Waals surface area contributed by atoms with Gasteiger partial charge in [0.15, 0.2) is 0 Å². The lowest BCUT2D eigenvalue weighted by Gasteiger charge is -1.74. The Kier molecular flexibility index (Phi) is 6.85. The van der Waals surface area contributed by atoms with E-state index < -0.39 is 0 Å². The van der Waals surface area contributed by atoms with Gasteiger partial charge in [0.05, 0.1) is 6.54 Å². The first-order valence-electron chi connectivity index (χ1n) is 2.71. The van der Waals surface area contributed by atoms with Crippen molar-refractivity contribution in [3.63, 3.8) is 0 Å². The highest BCUT2D eigenvalue weighted by Gasteiger charge is 1.64. The van der Waals surface area contributed by atoms with Crippen LogP contribution in [0, 0.1) is 23.7 Å². The minimum absolute atomic E-state index is 0.486. The van der Waals surface area contributed by atoms with Crippen molar-refractivity contribution in [1.82, 2.24) is 4.84 Å². The molecule has 0 saturated carbocycles. The van der Waals surface area contributed by atoms with Gasteiger partial charge < -0.3 is 0 Å². The van der Waals surface area contributed by atoms with Crippen LogP contribution in [0.15, 0.2) is 0 Å². The first kappa shape index (κ1) is 8.37. The predicted octanol–water partition coefficient (Wildman–Crippen LogP) is 1.15. The van der Waals surface area contributed by atoms with Crippen LogP contribution in [0.4, 0.5) is 0 Å². The first-order chi connectivity index (χ1) is 4.41. The summed E-state index contributed by atoms with van der Waals surface area (Å²) in [5.74, 6) is 10.8. The topological polar surface area (TPSA) is 12.0 Å². The standard InChI is InChI=1S/C7H8ClN/c1-2-3-4-5-6-7-9-8/h9H,2,7H2,1H3. The molecule has 0 aromatic carbocycles. The van der Waals surface area contributed by atoms with Gasteiger partial charge >= 0.3 is 0 Å². The van der Waals surface area contributed by atoms with E-state index >= 15 is 0 Å². The molecule has 0 atom stereocenters. The number of halogens is 1. The van der Waals surface area contributed by atoms with Crippen molar-refractivity contribution < 1.29 is 0 Å². The van der Waals surface area contributed by atoms with E-state index in [2.05, 4.69) is 28.5 Å². The molecule has 0 unspecified atom stereocenters. The normalized spacial score (nSPS) is 6.44. The molecule has 0 aromatic rings. The quantitative estimate of drug-likeness (QED) is 0.427. The summed E-state index contributed by atoms with van der Waals surface area (Å²) in [6.07, 6.45) is 0.850. The molecule has 0 saturated heterocycles. The molecule has 0 amide bonds. The Morgan fingerprint density at radius 3 is 2.56 bits per heavy atom. The van der Waals surface area contributed by atoms with Gasteiger partial charge in [-0.05, 0) is 23.6 Å². The molecule has 0 heterocycles. The minimum atomic E-state index is 0.486. The summed E-state index contributed by atoms with van der Waals surface area (Å²) >= 11 is 5.11. The van der Waals surface area contributed by atoms with Crippen molar-refractivity contribution in [3.05, 3.63) is 0 Å². The Morgan fingerprint density at radius 2 is 2.00 bits per heavy atom.